The molecule has 2 unspecified atom stereocenters. The maximum absolute atomic E-state index is 13.5. The van der Waals surface area contributed by atoms with E-state index in [1.165, 1.54) is 12.1 Å². The molecule has 6 rings (SSSR count). The van der Waals surface area contributed by atoms with Gasteiger partial charge < -0.3 is 10.6 Å². The van der Waals surface area contributed by atoms with Crippen LogP contribution in [0, 0.1) is 0 Å². The SMILES string of the molecule is O=C1CCC(N2C(=O)c3ccc(NCCCCCCn4cc(C5C=Nc6cccc(C(F)(F)F)c6N5)cn4)cc3C2=O)C(=O)N1. The first-order valence-electron chi connectivity index (χ1n) is 14.7. The second-order valence-electron chi connectivity index (χ2n) is 11.2. The monoisotopic (exact) mass is 621 g/mol. The molecule has 11 nitrogen and oxygen atoms in total. The summed E-state index contributed by atoms with van der Waals surface area (Å²) in [5.74, 6) is -2.14. The molecular formula is C31H30F3N7O4. The number of aliphatic imine (C=N–C) groups is 1. The molecule has 4 amide bonds. The molecule has 3 aliphatic heterocycles. The molecule has 1 aromatic heterocycles. The Morgan fingerprint density at radius 1 is 0.978 bits per heavy atom. The number of nitrogens with one attached hydrogen (secondary N) is 3. The number of alkyl halides is 3. The molecule has 3 aliphatic rings. The maximum atomic E-state index is 13.5. The number of halogens is 3. The van der Waals surface area contributed by atoms with Crippen LogP contribution in [-0.2, 0) is 22.3 Å². The van der Waals surface area contributed by atoms with Gasteiger partial charge in [0, 0.05) is 43.2 Å². The molecule has 14 heteroatoms. The van der Waals surface area contributed by atoms with Crippen LogP contribution in [0.5, 0.6) is 0 Å². The van der Waals surface area contributed by atoms with Gasteiger partial charge in [0.05, 0.1) is 40.3 Å². The lowest BCUT2D eigenvalue weighted by Gasteiger charge is -2.27. The minimum absolute atomic E-state index is 0.0342. The zero-order chi connectivity index (χ0) is 31.7. The Balaban J connectivity index is 0.938. The number of aryl methyl sites for hydroxylation is 1. The molecule has 2 aromatic carbocycles. The number of nitrogens with zero attached hydrogens (tertiary/aromatic N) is 4. The minimum atomic E-state index is -4.49. The van der Waals surface area contributed by atoms with E-state index in [1.54, 1.807) is 35.3 Å². The Labute approximate surface area is 255 Å². The van der Waals surface area contributed by atoms with E-state index in [0.29, 0.717) is 18.8 Å². The summed E-state index contributed by atoms with van der Waals surface area (Å²) in [4.78, 5) is 54.7. The molecule has 0 aliphatic carbocycles. The van der Waals surface area contributed by atoms with E-state index in [-0.39, 0.29) is 35.3 Å². The van der Waals surface area contributed by atoms with Crippen LogP contribution >= 0.6 is 0 Å². The lowest BCUT2D eigenvalue weighted by Crippen LogP contribution is -2.54. The summed E-state index contributed by atoms with van der Waals surface area (Å²) >= 11 is 0. The fraction of sp³-hybridized carbons (Fsp3) is 0.355. The third kappa shape index (κ3) is 6.17. The molecule has 234 valence electrons. The normalized spacial score (nSPS) is 19.3. The summed E-state index contributed by atoms with van der Waals surface area (Å²) in [6.07, 6.45) is 4.30. The molecule has 1 fully saturated rings. The molecule has 0 spiro atoms. The summed E-state index contributed by atoms with van der Waals surface area (Å²) in [5, 5.41) is 12.8. The Morgan fingerprint density at radius 2 is 1.78 bits per heavy atom. The van der Waals surface area contributed by atoms with E-state index in [0.717, 1.165) is 42.2 Å². The van der Waals surface area contributed by atoms with Gasteiger partial charge in [-0.1, -0.05) is 18.9 Å². The van der Waals surface area contributed by atoms with Crippen LogP contribution in [0.4, 0.5) is 30.2 Å². The molecule has 0 saturated carbocycles. The van der Waals surface area contributed by atoms with Crippen LogP contribution in [0.3, 0.4) is 0 Å². The van der Waals surface area contributed by atoms with Crippen LogP contribution in [-0.4, -0.2) is 57.1 Å². The van der Waals surface area contributed by atoms with Crippen molar-refractivity contribution in [1.82, 2.24) is 20.0 Å². The van der Waals surface area contributed by atoms with Gasteiger partial charge in [0.1, 0.15) is 6.04 Å². The van der Waals surface area contributed by atoms with Crippen molar-refractivity contribution < 1.29 is 32.3 Å². The Bertz CT molecular complexity index is 1700. The predicted octanol–water partition coefficient (Wildman–Crippen LogP) is 4.84. The predicted molar refractivity (Wildman–Crippen MR) is 158 cm³/mol. The quantitative estimate of drug-likeness (QED) is 0.218. The second-order valence-corrected chi connectivity index (χ2v) is 11.2. The maximum Gasteiger partial charge on any atom is 0.418 e. The molecule has 3 N–H and O–H groups in total. The fourth-order valence-corrected chi connectivity index (χ4v) is 5.78. The van der Waals surface area contributed by atoms with Crippen molar-refractivity contribution in [3.63, 3.8) is 0 Å². The van der Waals surface area contributed by atoms with Gasteiger partial charge in [0.25, 0.3) is 11.8 Å². The van der Waals surface area contributed by atoms with Crippen molar-refractivity contribution in [3.05, 3.63) is 71.0 Å². The van der Waals surface area contributed by atoms with Crippen LogP contribution in [0.1, 0.15) is 76.4 Å². The molecule has 1 saturated heterocycles. The van der Waals surface area contributed by atoms with Gasteiger partial charge in [-0.05, 0) is 49.6 Å². The summed E-state index contributed by atoms with van der Waals surface area (Å²) < 4.78 is 42.1. The summed E-state index contributed by atoms with van der Waals surface area (Å²) in [6.45, 7) is 1.31. The number of hydrogen-bond acceptors (Lipinski definition) is 8. The fourth-order valence-electron chi connectivity index (χ4n) is 5.78. The third-order valence-corrected chi connectivity index (χ3v) is 8.11. The van der Waals surface area contributed by atoms with Gasteiger partial charge in [-0.25, -0.2) is 0 Å². The van der Waals surface area contributed by atoms with E-state index in [1.807, 2.05) is 6.20 Å². The van der Waals surface area contributed by atoms with Gasteiger partial charge in [0.2, 0.25) is 11.8 Å². The van der Waals surface area contributed by atoms with Gasteiger partial charge in [-0.15, -0.1) is 0 Å². The van der Waals surface area contributed by atoms with Gasteiger partial charge >= 0.3 is 6.18 Å². The first-order valence-corrected chi connectivity index (χ1v) is 14.7. The number of benzene rings is 2. The van der Waals surface area contributed by atoms with E-state index < -0.39 is 47.5 Å². The van der Waals surface area contributed by atoms with Crippen molar-refractivity contribution in [2.75, 3.05) is 17.2 Å². The standard InChI is InChI=1S/C31H30F3N7O4/c32-31(33,34)22-6-5-7-23-27(22)38-24(16-36-23)18-15-37-40(17-18)13-4-2-1-3-12-35-19-8-9-20-21(14-19)30(45)41(29(20)44)25-10-11-26(42)39-28(25)43/h5-9,14-17,24-25,35,38H,1-4,10-13H2,(H,39,42,43). The molecule has 3 aromatic rings. The number of hydrogen-bond donors (Lipinski definition) is 3. The van der Waals surface area contributed by atoms with E-state index in [9.17, 15) is 32.3 Å². The van der Waals surface area contributed by atoms with Crippen LogP contribution in [0.25, 0.3) is 0 Å². The first-order chi connectivity index (χ1) is 21.6. The van der Waals surface area contributed by atoms with Crippen LogP contribution < -0.4 is 16.0 Å². The van der Waals surface area contributed by atoms with Crippen molar-refractivity contribution >= 4 is 46.9 Å². The minimum Gasteiger partial charge on any atom is -0.385 e. The first kappa shape index (κ1) is 30.0. The average Bonchev–Trinajstić information content (AvgIpc) is 3.58. The van der Waals surface area contributed by atoms with Gasteiger partial charge in [0.15, 0.2) is 0 Å². The summed E-state index contributed by atoms with van der Waals surface area (Å²) in [6, 6.07) is 7.31. The lowest BCUT2D eigenvalue weighted by molar-refractivity contribution is -0.137. The number of carbonyl (C=O) groups excluding carboxylic acids is 4. The Hall–Kier alpha value is -5.01. The number of fused-ring (bicyclic) bond motifs is 2. The number of carbonyl (C=O) groups is 4. The molecule has 0 bridgehead atoms. The average molecular weight is 622 g/mol. The molecular weight excluding hydrogens is 591 g/mol. The summed E-state index contributed by atoms with van der Waals surface area (Å²) in [7, 11) is 0. The van der Waals surface area contributed by atoms with Crippen molar-refractivity contribution in [3.8, 4) is 0 Å². The number of rotatable bonds is 10. The highest BCUT2D eigenvalue weighted by molar-refractivity contribution is 6.23. The summed E-state index contributed by atoms with van der Waals surface area (Å²) in [5.41, 5.74) is 1.34. The largest absolute Gasteiger partial charge is 0.418 e. The highest BCUT2D eigenvalue weighted by atomic mass is 19.4. The van der Waals surface area contributed by atoms with Crippen molar-refractivity contribution in [1.29, 1.82) is 0 Å². The smallest absolute Gasteiger partial charge is 0.385 e. The molecule has 45 heavy (non-hydrogen) atoms. The van der Waals surface area contributed by atoms with Crippen LogP contribution in [0.2, 0.25) is 0 Å². The highest BCUT2D eigenvalue weighted by Gasteiger charge is 2.44. The topological polar surface area (TPSA) is 138 Å². The van der Waals surface area contributed by atoms with Crippen LogP contribution in [0.15, 0.2) is 53.8 Å². The number of para-hydroxylation sites is 1. The molecule has 0 radical (unpaired) electrons. The number of amides is 4. The number of anilines is 2. The van der Waals surface area contributed by atoms with E-state index in [4.69, 9.17) is 0 Å². The van der Waals surface area contributed by atoms with Gasteiger partial charge in [-0.2, -0.15) is 18.3 Å². The van der Waals surface area contributed by atoms with E-state index in [2.05, 4.69) is 26.0 Å². The zero-order valence-corrected chi connectivity index (χ0v) is 24.1. The molecule has 2 atom stereocenters. The number of aromatic nitrogens is 2. The Kier molecular flexibility index (Phi) is 8.12. The van der Waals surface area contributed by atoms with E-state index >= 15 is 0 Å². The lowest BCUT2D eigenvalue weighted by atomic mass is 10.0. The number of unbranched alkanes of at least 4 members (excludes halogenated alkanes) is 3. The van der Waals surface area contributed by atoms with Crippen molar-refractivity contribution in [2.45, 2.75) is 63.3 Å². The molecule has 4 heterocycles. The number of imide groups is 2. The Morgan fingerprint density at radius 3 is 2.58 bits per heavy atom. The zero-order valence-electron chi connectivity index (χ0n) is 24.1. The number of piperidine rings is 1. The second kappa shape index (κ2) is 12.2. The van der Waals surface area contributed by atoms with Crippen molar-refractivity contribution in [2.24, 2.45) is 4.99 Å². The van der Waals surface area contributed by atoms with Gasteiger partial charge in [-0.3, -0.25) is 39.1 Å². The highest BCUT2D eigenvalue weighted by Crippen LogP contribution is 2.42. The third-order valence-electron chi connectivity index (χ3n) is 8.11.